The highest BCUT2D eigenvalue weighted by Crippen LogP contribution is 2.15. The van der Waals surface area contributed by atoms with Crippen LogP contribution in [0.1, 0.15) is 12.8 Å². The van der Waals surface area contributed by atoms with Crippen molar-refractivity contribution in [3.8, 4) is 0 Å². The van der Waals surface area contributed by atoms with Gasteiger partial charge in [-0.1, -0.05) is 15.9 Å². The summed E-state index contributed by atoms with van der Waals surface area (Å²) in [4.78, 5) is 0.370. The monoisotopic (exact) mass is 347 g/mol. The van der Waals surface area contributed by atoms with Crippen molar-refractivity contribution in [2.75, 3.05) is 25.4 Å². The highest BCUT2D eigenvalue weighted by molar-refractivity contribution is 9.10. The maximum absolute atomic E-state index is 12.1. The van der Waals surface area contributed by atoms with Gasteiger partial charge in [0.05, 0.1) is 16.8 Å². The van der Waals surface area contributed by atoms with Gasteiger partial charge in [-0.25, -0.2) is 8.42 Å². The summed E-state index contributed by atoms with van der Waals surface area (Å²) in [5, 5.41) is 3.15. The van der Waals surface area contributed by atoms with E-state index in [1.54, 1.807) is 24.3 Å². The van der Waals surface area contributed by atoms with Crippen LogP contribution in [0.5, 0.6) is 0 Å². The second-order valence-corrected chi connectivity index (χ2v) is 7.64. The first-order valence-corrected chi connectivity index (χ1v) is 8.83. The number of sulfone groups is 1. The van der Waals surface area contributed by atoms with Gasteiger partial charge in [0.2, 0.25) is 0 Å². The summed E-state index contributed by atoms with van der Waals surface area (Å²) in [6.45, 7) is 2.01. The second kappa shape index (κ2) is 6.83. The third kappa shape index (κ3) is 4.56. The molecular weight excluding hydrogens is 330 g/mol. The molecule has 1 atom stereocenters. The first-order chi connectivity index (χ1) is 9.08. The van der Waals surface area contributed by atoms with Crippen LogP contribution in [0.15, 0.2) is 33.6 Å². The molecule has 1 unspecified atom stereocenters. The first kappa shape index (κ1) is 15.0. The lowest BCUT2D eigenvalue weighted by molar-refractivity contribution is 0.110. The summed E-state index contributed by atoms with van der Waals surface area (Å²) in [6, 6.07) is 6.73. The predicted octanol–water partition coefficient (Wildman–Crippen LogP) is 1.99. The van der Waals surface area contributed by atoms with E-state index in [9.17, 15) is 8.42 Å². The maximum atomic E-state index is 12.1. The average molecular weight is 348 g/mol. The van der Waals surface area contributed by atoms with Crippen molar-refractivity contribution in [1.82, 2.24) is 5.32 Å². The van der Waals surface area contributed by atoms with Gasteiger partial charge < -0.3 is 10.1 Å². The van der Waals surface area contributed by atoms with Gasteiger partial charge in [0, 0.05) is 24.2 Å². The molecule has 2 rings (SSSR count). The molecule has 1 aliphatic rings. The number of nitrogens with one attached hydrogen (secondary N) is 1. The van der Waals surface area contributed by atoms with Crippen molar-refractivity contribution in [3.63, 3.8) is 0 Å². The van der Waals surface area contributed by atoms with Gasteiger partial charge in [0.25, 0.3) is 0 Å². The van der Waals surface area contributed by atoms with Gasteiger partial charge in [0.15, 0.2) is 9.84 Å². The maximum Gasteiger partial charge on any atom is 0.179 e. The smallest absolute Gasteiger partial charge is 0.179 e. The molecule has 19 heavy (non-hydrogen) atoms. The van der Waals surface area contributed by atoms with E-state index >= 15 is 0 Å². The second-order valence-electron chi connectivity index (χ2n) is 4.61. The zero-order valence-corrected chi connectivity index (χ0v) is 13.0. The Morgan fingerprint density at radius 2 is 2.05 bits per heavy atom. The largest absolute Gasteiger partial charge is 0.377 e. The molecule has 1 saturated heterocycles. The minimum absolute atomic E-state index is 0.112. The van der Waals surface area contributed by atoms with Crippen LogP contribution in [0.4, 0.5) is 0 Å². The van der Waals surface area contributed by atoms with Crippen LogP contribution in [0.2, 0.25) is 0 Å². The quantitative estimate of drug-likeness (QED) is 0.799. The normalized spacial score (nSPS) is 19.7. The summed E-state index contributed by atoms with van der Waals surface area (Å²) >= 11 is 3.29. The summed E-state index contributed by atoms with van der Waals surface area (Å²) in [7, 11) is -3.20. The molecule has 0 aliphatic carbocycles. The van der Waals surface area contributed by atoms with Crippen LogP contribution in [-0.2, 0) is 14.6 Å². The predicted molar refractivity (Wildman–Crippen MR) is 78.0 cm³/mol. The van der Waals surface area contributed by atoms with Gasteiger partial charge in [-0.2, -0.15) is 0 Å². The molecule has 1 aromatic rings. The average Bonchev–Trinajstić information content (AvgIpc) is 2.88. The topological polar surface area (TPSA) is 55.4 Å². The van der Waals surface area contributed by atoms with E-state index in [-0.39, 0.29) is 11.9 Å². The highest BCUT2D eigenvalue weighted by Gasteiger charge is 2.16. The Balaban J connectivity index is 1.79. The molecular formula is C13H18BrNO3S. The van der Waals surface area contributed by atoms with Crippen molar-refractivity contribution in [2.24, 2.45) is 0 Å². The number of rotatable bonds is 6. The molecule has 0 spiro atoms. The Bertz CT molecular complexity index is 495. The Morgan fingerprint density at radius 3 is 2.68 bits per heavy atom. The van der Waals surface area contributed by atoms with Gasteiger partial charge in [0.1, 0.15) is 0 Å². The van der Waals surface area contributed by atoms with E-state index in [4.69, 9.17) is 4.74 Å². The van der Waals surface area contributed by atoms with Gasteiger partial charge >= 0.3 is 0 Å². The lowest BCUT2D eigenvalue weighted by Crippen LogP contribution is -2.30. The zero-order valence-electron chi connectivity index (χ0n) is 10.6. The van der Waals surface area contributed by atoms with E-state index in [0.29, 0.717) is 11.4 Å². The fourth-order valence-corrected chi connectivity index (χ4v) is 3.50. The standard InChI is InChI=1S/C13H18BrNO3S/c14-11-3-5-13(6-4-11)19(16,17)9-7-15-10-12-2-1-8-18-12/h3-6,12,15H,1-2,7-10H2. The van der Waals surface area contributed by atoms with Gasteiger partial charge in [-0.3, -0.25) is 0 Å². The Kier molecular flexibility index (Phi) is 5.38. The molecule has 0 aromatic heterocycles. The third-order valence-electron chi connectivity index (χ3n) is 3.12. The molecule has 1 aromatic carbocycles. The minimum Gasteiger partial charge on any atom is -0.377 e. The van der Waals surface area contributed by atoms with Crippen LogP contribution in [0.25, 0.3) is 0 Å². The Labute approximate surface area is 122 Å². The Hall–Kier alpha value is -0.430. The van der Waals surface area contributed by atoms with Crippen molar-refractivity contribution in [3.05, 3.63) is 28.7 Å². The van der Waals surface area contributed by atoms with Crippen LogP contribution in [0.3, 0.4) is 0 Å². The first-order valence-electron chi connectivity index (χ1n) is 6.38. The van der Waals surface area contributed by atoms with E-state index < -0.39 is 9.84 Å². The summed E-state index contributed by atoms with van der Waals surface area (Å²) in [5.41, 5.74) is 0. The lowest BCUT2D eigenvalue weighted by atomic mass is 10.2. The Morgan fingerprint density at radius 1 is 1.32 bits per heavy atom. The molecule has 1 aliphatic heterocycles. The molecule has 1 N–H and O–H groups in total. The number of benzene rings is 1. The van der Waals surface area contributed by atoms with Crippen LogP contribution >= 0.6 is 15.9 Å². The fourth-order valence-electron chi connectivity index (χ4n) is 2.03. The zero-order chi connectivity index (χ0) is 13.7. The van der Waals surface area contributed by atoms with E-state index in [0.717, 1.165) is 30.5 Å². The van der Waals surface area contributed by atoms with Crippen molar-refractivity contribution >= 4 is 25.8 Å². The van der Waals surface area contributed by atoms with Crippen molar-refractivity contribution in [2.45, 2.75) is 23.8 Å². The van der Waals surface area contributed by atoms with Gasteiger partial charge in [-0.05, 0) is 37.1 Å². The summed E-state index contributed by atoms with van der Waals surface area (Å²) in [5.74, 6) is 0.112. The molecule has 0 radical (unpaired) electrons. The summed E-state index contributed by atoms with van der Waals surface area (Å²) < 4.78 is 30.4. The SMILES string of the molecule is O=S(=O)(CCNCC1CCCO1)c1ccc(Br)cc1. The van der Waals surface area contributed by atoms with Crippen molar-refractivity contribution in [1.29, 1.82) is 0 Å². The fraction of sp³-hybridized carbons (Fsp3) is 0.538. The molecule has 106 valence electrons. The molecule has 1 fully saturated rings. The van der Waals surface area contributed by atoms with Crippen LogP contribution in [-0.4, -0.2) is 40.0 Å². The molecule has 1 heterocycles. The number of hydrogen-bond donors (Lipinski definition) is 1. The van der Waals surface area contributed by atoms with Crippen molar-refractivity contribution < 1.29 is 13.2 Å². The van der Waals surface area contributed by atoms with E-state index in [1.807, 2.05) is 0 Å². The molecule has 6 heteroatoms. The number of ether oxygens (including phenoxy) is 1. The third-order valence-corrected chi connectivity index (χ3v) is 5.38. The number of hydrogen-bond acceptors (Lipinski definition) is 4. The minimum atomic E-state index is -3.20. The van der Waals surface area contributed by atoms with Crippen LogP contribution in [0, 0.1) is 0 Å². The summed E-state index contributed by atoms with van der Waals surface area (Å²) in [6.07, 6.45) is 2.41. The molecule has 4 nitrogen and oxygen atoms in total. The van der Waals surface area contributed by atoms with Crippen LogP contribution < -0.4 is 5.32 Å². The van der Waals surface area contributed by atoms with E-state index in [2.05, 4.69) is 21.2 Å². The lowest BCUT2D eigenvalue weighted by Gasteiger charge is -2.10. The number of halogens is 1. The van der Waals surface area contributed by atoms with E-state index in [1.165, 1.54) is 0 Å². The molecule has 0 amide bonds. The molecule has 0 bridgehead atoms. The van der Waals surface area contributed by atoms with Gasteiger partial charge in [-0.15, -0.1) is 0 Å². The highest BCUT2D eigenvalue weighted by atomic mass is 79.9. The molecule has 0 saturated carbocycles.